The van der Waals surface area contributed by atoms with Gasteiger partial charge in [-0.2, -0.15) is 0 Å². The number of hydrogen-bond acceptors (Lipinski definition) is 8. The molecular weight excluding hydrogens is 538 g/mol. The minimum Gasteiger partial charge on any atom is -0.497 e. The fraction of sp³-hybridized carbons (Fsp3) is 0.242. The second kappa shape index (κ2) is 11.1. The molecule has 3 aromatic carbocycles. The number of aliphatic carboxylic acids is 1. The Kier molecular flexibility index (Phi) is 7.16. The number of ether oxygens (including phenoxy) is 5. The third-order valence-corrected chi connectivity index (χ3v) is 7.82. The number of carboxylic acid groups (broad SMARTS) is 1. The van der Waals surface area contributed by atoms with Crippen LogP contribution in [-0.2, 0) is 16.6 Å². The van der Waals surface area contributed by atoms with Gasteiger partial charge in [0.25, 0.3) is 0 Å². The van der Waals surface area contributed by atoms with Gasteiger partial charge in [-0.3, -0.25) is 14.6 Å². The summed E-state index contributed by atoms with van der Waals surface area (Å²) in [5, 5.41) is 10.8. The summed E-state index contributed by atoms with van der Waals surface area (Å²) in [6.45, 7) is 2.66. The van der Waals surface area contributed by atoms with Crippen molar-refractivity contribution in [1.29, 1.82) is 0 Å². The summed E-state index contributed by atoms with van der Waals surface area (Å²) < 4.78 is 29.1. The summed E-state index contributed by atoms with van der Waals surface area (Å²) in [5.41, 5.74) is 2.00. The zero-order chi connectivity index (χ0) is 29.3. The molecule has 9 heteroatoms. The molecule has 0 fully saturated rings. The van der Waals surface area contributed by atoms with Crippen molar-refractivity contribution in [3.8, 4) is 34.5 Å². The SMILES string of the molecule is CCCOc1ccc2c(c1)CC(C(=O)O)C2(c1ccc2c(c1)OCO2)c1ccc(OC)cc1Oc1cnccc1C=O. The number of benzene rings is 3. The van der Waals surface area contributed by atoms with E-state index in [1.807, 2.05) is 43.3 Å². The highest BCUT2D eigenvalue weighted by Crippen LogP contribution is 2.57. The van der Waals surface area contributed by atoms with Crippen LogP contribution in [0.1, 0.15) is 46.0 Å². The molecule has 6 rings (SSSR count). The molecule has 0 saturated heterocycles. The molecule has 2 aliphatic rings. The Morgan fingerprint density at radius 1 is 1.02 bits per heavy atom. The van der Waals surface area contributed by atoms with E-state index in [-0.39, 0.29) is 19.0 Å². The van der Waals surface area contributed by atoms with Crippen molar-refractivity contribution in [2.45, 2.75) is 25.2 Å². The van der Waals surface area contributed by atoms with E-state index in [9.17, 15) is 14.7 Å². The van der Waals surface area contributed by atoms with E-state index in [4.69, 9.17) is 23.7 Å². The molecule has 1 aliphatic carbocycles. The van der Waals surface area contributed by atoms with E-state index < -0.39 is 17.3 Å². The summed E-state index contributed by atoms with van der Waals surface area (Å²) in [6.07, 6.45) is 4.74. The van der Waals surface area contributed by atoms with Crippen LogP contribution in [0, 0.1) is 5.92 Å². The number of aldehydes is 1. The van der Waals surface area contributed by atoms with Crippen LogP contribution in [0.3, 0.4) is 0 Å². The fourth-order valence-electron chi connectivity index (χ4n) is 5.99. The van der Waals surface area contributed by atoms with Crippen LogP contribution in [0.5, 0.6) is 34.5 Å². The second-order valence-electron chi connectivity index (χ2n) is 10.1. The lowest BCUT2D eigenvalue weighted by atomic mass is 9.64. The standard InChI is InChI=1S/C33H29NO8/c1-3-12-39-24-6-7-25-21(13-24)14-27(32(36)37)33(25,22-4-9-28-30(15-22)41-19-40-28)26-8-5-23(38-2)16-29(26)42-31-17-34-11-10-20(31)18-35/h4-11,13,15-18,27H,3,12,14,19H2,1-2H3,(H,36,37). The van der Waals surface area contributed by atoms with Gasteiger partial charge in [-0.15, -0.1) is 0 Å². The summed E-state index contributed by atoms with van der Waals surface area (Å²) in [7, 11) is 1.54. The Balaban J connectivity index is 1.64. The molecule has 9 nitrogen and oxygen atoms in total. The maximum atomic E-state index is 13.2. The van der Waals surface area contributed by atoms with E-state index in [1.54, 1.807) is 24.3 Å². The van der Waals surface area contributed by atoms with E-state index in [0.29, 0.717) is 58.3 Å². The first-order valence-corrected chi connectivity index (χ1v) is 13.6. The van der Waals surface area contributed by atoms with Gasteiger partial charge >= 0.3 is 5.97 Å². The zero-order valence-electron chi connectivity index (χ0n) is 23.2. The number of hydrogen-bond donors (Lipinski definition) is 1. The molecule has 0 spiro atoms. The highest BCUT2D eigenvalue weighted by Gasteiger charge is 2.54. The van der Waals surface area contributed by atoms with Gasteiger partial charge in [-0.25, -0.2) is 0 Å². The van der Waals surface area contributed by atoms with Crippen LogP contribution in [0.2, 0.25) is 0 Å². The van der Waals surface area contributed by atoms with Crippen LogP contribution >= 0.6 is 0 Å². The highest BCUT2D eigenvalue weighted by molar-refractivity contribution is 5.81. The van der Waals surface area contributed by atoms with Gasteiger partial charge < -0.3 is 28.8 Å². The molecule has 2 heterocycles. The predicted molar refractivity (Wildman–Crippen MR) is 152 cm³/mol. The number of methoxy groups -OCH3 is 1. The molecule has 1 aliphatic heterocycles. The molecule has 0 radical (unpaired) electrons. The van der Waals surface area contributed by atoms with Gasteiger partial charge in [0.15, 0.2) is 23.5 Å². The van der Waals surface area contributed by atoms with Crippen molar-refractivity contribution in [2.75, 3.05) is 20.5 Å². The maximum Gasteiger partial charge on any atom is 0.308 e. The van der Waals surface area contributed by atoms with Crippen molar-refractivity contribution in [1.82, 2.24) is 4.98 Å². The van der Waals surface area contributed by atoms with Crippen molar-refractivity contribution in [2.24, 2.45) is 5.92 Å². The van der Waals surface area contributed by atoms with Crippen molar-refractivity contribution >= 4 is 12.3 Å². The molecule has 0 bridgehead atoms. The van der Waals surface area contributed by atoms with Gasteiger partial charge in [0.2, 0.25) is 6.79 Å². The first kappa shape index (κ1) is 27.1. The van der Waals surface area contributed by atoms with Gasteiger partial charge in [-0.05, 0) is 65.9 Å². The summed E-state index contributed by atoms with van der Waals surface area (Å²) in [4.78, 5) is 29.2. The number of carbonyl (C=O) groups excluding carboxylic acids is 1. The number of carbonyl (C=O) groups is 2. The van der Waals surface area contributed by atoms with Crippen LogP contribution in [0.15, 0.2) is 73.1 Å². The molecule has 0 amide bonds. The minimum absolute atomic E-state index is 0.0786. The fourth-order valence-corrected chi connectivity index (χ4v) is 5.99. The minimum atomic E-state index is -1.23. The normalized spacial score (nSPS) is 18.3. The molecule has 2 atom stereocenters. The quantitative estimate of drug-likeness (QED) is 0.237. The first-order chi connectivity index (χ1) is 20.5. The second-order valence-corrected chi connectivity index (χ2v) is 10.1. The average Bonchev–Trinajstić information content (AvgIpc) is 3.63. The van der Waals surface area contributed by atoms with Crippen molar-refractivity contribution in [3.63, 3.8) is 0 Å². The Morgan fingerprint density at radius 2 is 1.83 bits per heavy atom. The van der Waals surface area contributed by atoms with E-state index in [0.717, 1.165) is 17.5 Å². The summed E-state index contributed by atoms with van der Waals surface area (Å²) >= 11 is 0. The Labute approximate surface area is 242 Å². The lowest BCUT2D eigenvalue weighted by Gasteiger charge is -2.37. The van der Waals surface area contributed by atoms with Crippen molar-refractivity contribution in [3.05, 3.63) is 101 Å². The first-order valence-electron chi connectivity index (χ1n) is 13.6. The number of carboxylic acids is 1. The molecule has 42 heavy (non-hydrogen) atoms. The Hall–Kier alpha value is -5.05. The van der Waals surface area contributed by atoms with E-state index in [1.165, 1.54) is 19.5 Å². The number of aromatic nitrogens is 1. The van der Waals surface area contributed by atoms with Crippen LogP contribution in [0.25, 0.3) is 0 Å². The molecule has 0 saturated carbocycles. The predicted octanol–water partition coefficient (Wildman–Crippen LogP) is 5.80. The maximum absolute atomic E-state index is 13.2. The number of pyridine rings is 1. The molecule has 1 aromatic heterocycles. The van der Waals surface area contributed by atoms with Crippen LogP contribution in [0.4, 0.5) is 0 Å². The number of fused-ring (bicyclic) bond motifs is 2. The lowest BCUT2D eigenvalue weighted by Crippen LogP contribution is -2.39. The van der Waals surface area contributed by atoms with Gasteiger partial charge in [0.1, 0.15) is 17.2 Å². The highest BCUT2D eigenvalue weighted by atomic mass is 16.7. The summed E-state index contributed by atoms with van der Waals surface area (Å²) in [5.74, 6) is 0.946. The van der Waals surface area contributed by atoms with Gasteiger partial charge in [0, 0.05) is 17.8 Å². The lowest BCUT2D eigenvalue weighted by molar-refractivity contribution is -0.142. The summed E-state index contributed by atoms with van der Waals surface area (Å²) in [6, 6.07) is 18.1. The van der Waals surface area contributed by atoms with E-state index in [2.05, 4.69) is 4.98 Å². The average molecular weight is 568 g/mol. The molecule has 4 aromatic rings. The monoisotopic (exact) mass is 567 g/mol. The van der Waals surface area contributed by atoms with Gasteiger partial charge in [-0.1, -0.05) is 25.1 Å². The van der Waals surface area contributed by atoms with E-state index >= 15 is 0 Å². The third kappa shape index (κ3) is 4.47. The van der Waals surface area contributed by atoms with Gasteiger partial charge in [0.05, 0.1) is 36.8 Å². The third-order valence-electron chi connectivity index (χ3n) is 7.82. The Morgan fingerprint density at radius 3 is 2.62 bits per heavy atom. The molecular formula is C33H29NO8. The van der Waals surface area contributed by atoms with Crippen molar-refractivity contribution < 1.29 is 38.4 Å². The topological polar surface area (TPSA) is 113 Å². The number of rotatable bonds is 10. The zero-order valence-corrected chi connectivity index (χ0v) is 23.2. The van der Waals surface area contributed by atoms with Crippen LogP contribution in [-0.4, -0.2) is 42.9 Å². The smallest absolute Gasteiger partial charge is 0.308 e. The number of nitrogens with zero attached hydrogens (tertiary/aromatic N) is 1. The largest absolute Gasteiger partial charge is 0.497 e. The van der Waals surface area contributed by atoms with Crippen LogP contribution < -0.4 is 23.7 Å². The molecule has 2 unspecified atom stereocenters. The molecule has 1 N–H and O–H groups in total. The molecule has 214 valence electrons. The Bertz CT molecular complexity index is 1670.